The summed E-state index contributed by atoms with van der Waals surface area (Å²) in [5.74, 6) is 0.0318. The van der Waals surface area contributed by atoms with Gasteiger partial charge in [-0.15, -0.1) is 0 Å². The smallest absolute Gasteiger partial charge is 0.228 e. The second kappa shape index (κ2) is 4.41. The first-order valence-electron chi connectivity index (χ1n) is 4.90. The van der Waals surface area contributed by atoms with Crippen LogP contribution in [0.15, 0.2) is 18.2 Å². The molecule has 1 fully saturated rings. The quantitative estimate of drug-likeness (QED) is 0.782. The number of hydrogen-bond acceptors (Lipinski definition) is 2. The van der Waals surface area contributed by atoms with Crippen molar-refractivity contribution in [1.82, 2.24) is 0 Å². The van der Waals surface area contributed by atoms with Crippen LogP contribution in [0.5, 0.6) is 5.75 Å². The average Bonchev–Trinajstić information content (AvgIpc) is 2.57. The Balaban J connectivity index is 2.36. The van der Waals surface area contributed by atoms with Crippen LogP contribution >= 0.6 is 15.9 Å². The molecule has 1 saturated heterocycles. The minimum atomic E-state index is -0.373. The lowest BCUT2D eigenvalue weighted by Crippen LogP contribution is -2.25. The molecular formula is C11H11BrFNO2. The zero-order valence-corrected chi connectivity index (χ0v) is 10.3. The number of carbonyl (C=O) groups is 1. The van der Waals surface area contributed by atoms with Gasteiger partial charge in [-0.05, 0) is 12.1 Å². The predicted octanol–water partition coefficient (Wildman–Crippen LogP) is 2.33. The molecule has 0 spiro atoms. The van der Waals surface area contributed by atoms with Gasteiger partial charge in [0.25, 0.3) is 0 Å². The fourth-order valence-corrected chi connectivity index (χ4v) is 2.34. The predicted molar refractivity (Wildman–Crippen MR) is 62.6 cm³/mol. The highest BCUT2D eigenvalue weighted by molar-refractivity contribution is 9.09. The highest BCUT2D eigenvalue weighted by Gasteiger charge is 2.30. The second-order valence-corrected chi connectivity index (χ2v) is 4.92. The summed E-state index contributed by atoms with van der Waals surface area (Å²) in [6, 6.07) is 4.17. The van der Waals surface area contributed by atoms with Gasteiger partial charge in [0.15, 0.2) is 0 Å². The maximum atomic E-state index is 13.0. The number of hydrogen-bond donors (Lipinski definition) is 0. The summed E-state index contributed by atoms with van der Waals surface area (Å²) in [6.07, 6.45) is 0.459. The van der Waals surface area contributed by atoms with Crippen molar-refractivity contribution in [3.63, 3.8) is 0 Å². The lowest BCUT2D eigenvalue weighted by atomic mass is 10.2. The maximum Gasteiger partial charge on any atom is 0.228 e. The number of alkyl halides is 1. The average molecular weight is 288 g/mol. The van der Waals surface area contributed by atoms with Crippen LogP contribution in [-0.4, -0.2) is 24.4 Å². The molecule has 1 heterocycles. The molecule has 16 heavy (non-hydrogen) atoms. The molecule has 2 rings (SSSR count). The minimum absolute atomic E-state index is 0.0202. The van der Waals surface area contributed by atoms with Gasteiger partial charge < -0.3 is 9.64 Å². The third-order valence-electron chi connectivity index (χ3n) is 2.51. The lowest BCUT2D eigenvalue weighted by Gasteiger charge is -2.18. The standard InChI is InChI=1S/C11H11BrFNO2/c1-16-10-5-8(13)2-3-9(10)14-6-7(12)4-11(14)15/h2-3,5,7H,4,6H2,1H3. The first kappa shape index (κ1) is 11.4. The van der Waals surface area contributed by atoms with Gasteiger partial charge in [0.2, 0.25) is 5.91 Å². The Morgan fingerprint density at radius 1 is 1.56 bits per heavy atom. The molecule has 1 amide bonds. The molecule has 1 aromatic carbocycles. The van der Waals surface area contributed by atoms with E-state index in [0.29, 0.717) is 24.4 Å². The summed E-state index contributed by atoms with van der Waals surface area (Å²) in [5.41, 5.74) is 0.621. The van der Waals surface area contributed by atoms with Crippen LogP contribution in [0.25, 0.3) is 0 Å². The molecular weight excluding hydrogens is 277 g/mol. The molecule has 86 valence electrons. The Labute approximate surface area is 101 Å². The van der Waals surface area contributed by atoms with E-state index in [4.69, 9.17) is 4.74 Å². The Hall–Kier alpha value is -1.10. The highest BCUT2D eigenvalue weighted by Crippen LogP contribution is 2.33. The molecule has 1 aliphatic heterocycles. The Bertz CT molecular complexity index is 424. The van der Waals surface area contributed by atoms with E-state index in [2.05, 4.69) is 15.9 Å². The van der Waals surface area contributed by atoms with E-state index < -0.39 is 0 Å². The third-order valence-corrected chi connectivity index (χ3v) is 3.12. The van der Waals surface area contributed by atoms with Crippen molar-refractivity contribution in [3.05, 3.63) is 24.0 Å². The molecule has 1 atom stereocenters. The number of amides is 1. The Morgan fingerprint density at radius 3 is 2.88 bits per heavy atom. The molecule has 0 bridgehead atoms. The van der Waals surface area contributed by atoms with E-state index in [0.717, 1.165) is 0 Å². The zero-order chi connectivity index (χ0) is 11.7. The molecule has 3 nitrogen and oxygen atoms in total. The summed E-state index contributed by atoms with van der Waals surface area (Å²) < 4.78 is 18.1. The first-order chi connectivity index (χ1) is 7.61. The molecule has 0 aliphatic carbocycles. The van der Waals surface area contributed by atoms with Gasteiger partial charge >= 0.3 is 0 Å². The van der Waals surface area contributed by atoms with Crippen molar-refractivity contribution in [2.75, 3.05) is 18.6 Å². The molecule has 0 saturated carbocycles. The van der Waals surface area contributed by atoms with Crippen molar-refractivity contribution in [2.24, 2.45) is 0 Å². The molecule has 1 aromatic rings. The topological polar surface area (TPSA) is 29.5 Å². The number of anilines is 1. The van der Waals surface area contributed by atoms with Crippen LogP contribution in [0.3, 0.4) is 0 Å². The number of nitrogens with zero attached hydrogens (tertiary/aromatic N) is 1. The van der Waals surface area contributed by atoms with Gasteiger partial charge in [-0.2, -0.15) is 0 Å². The number of methoxy groups -OCH3 is 1. The summed E-state index contributed by atoms with van der Waals surface area (Å²) in [4.78, 5) is 13.4. The molecule has 5 heteroatoms. The van der Waals surface area contributed by atoms with Crippen LogP contribution in [0, 0.1) is 5.82 Å². The highest BCUT2D eigenvalue weighted by atomic mass is 79.9. The number of rotatable bonds is 2. The molecule has 0 aromatic heterocycles. The fourth-order valence-electron chi connectivity index (χ4n) is 1.77. The lowest BCUT2D eigenvalue weighted by molar-refractivity contribution is -0.117. The number of halogens is 2. The summed E-state index contributed by atoms with van der Waals surface area (Å²) in [6.45, 7) is 0.584. The summed E-state index contributed by atoms with van der Waals surface area (Å²) in [5, 5.41) is 0. The van der Waals surface area contributed by atoms with Crippen molar-refractivity contribution >= 4 is 27.5 Å². The van der Waals surface area contributed by atoms with E-state index in [9.17, 15) is 9.18 Å². The maximum absolute atomic E-state index is 13.0. The Morgan fingerprint density at radius 2 is 2.31 bits per heavy atom. The van der Waals surface area contributed by atoms with Crippen molar-refractivity contribution in [3.8, 4) is 5.75 Å². The monoisotopic (exact) mass is 287 g/mol. The van der Waals surface area contributed by atoms with E-state index in [1.165, 1.54) is 19.2 Å². The summed E-state index contributed by atoms with van der Waals surface area (Å²) in [7, 11) is 1.46. The van der Waals surface area contributed by atoms with Gasteiger partial charge in [-0.25, -0.2) is 4.39 Å². The van der Waals surface area contributed by atoms with Gasteiger partial charge in [-0.3, -0.25) is 4.79 Å². The van der Waals surface area contributed by atoms with Crippen molar-refractivity contribution < 1.29 is 13.9 Å². The van der Waals surface area contributed by atoms with Gasteiger partial charge in [-0.1, -0.05) is 15.9 Å². The Kier molecular flexibility index (Phi) is 3.14. The van der Waals surface area contributed by atoms with Gasteiger partial charge in [0.05, 0.1) is 12.8 Å². The molecule has 1 aliphatic rings. The van der Waals surface area contributed by atoms with Crippen LogP contribution < -0.4 is 9.64 Å². The molecule has 1 unspecified atom stereocenters. The van der Waals surface area contributed by atoms with Crippen LogP contribution in [-0.2, 0) is 4.79 Å². The van der Waals surface area contributed by atoms with Crippen molar-refractivity contribution in [2.45, 2.75) is 11.2 Å². The summed E-state index contributed by atoms with van der Waals surface area (Å²) >= 11 is 3.40. The molecule has 0 N–H and O–H groups in total. The van der Waals surface area contributed by atoms with Crippen LogP contribution in [0.2, 0.25) is 0 Å². The van der Waals surface area contributed by atoms with Gasteiger partial charge in [0, 0.05) is 23.9 Å². The molecule has 0 radical (unpaired) electrons. The number of ether oxygens (including phenoxy) is 1. The minimum Gasteiger partial charge on any atom is -0.494 e. The van der Waals surface area contributed by atoms with Crippen LogP contribution in [0.4, 0.5) is 10.1 Å². The van der Waals surface area contributed by atoms with Crippen molar-refractivity contribution in [1.29, 1.82) is 0 Å². The third kappa shape index (κ3) is 2.04. The number of benzene rings is 1. The van der Waals surface area contributed by atoms with E-state index in [1.54, 1.807) is 11.0 Å². The van der Waals surface area contributed by atoms with E-state index >= 15 is 0 Å². The largest absolute Gasteiger partial charge is 0.494 e. The van der Waals surface area contributed by atoms with E-state index in [1.807, 2.05) is 0 Å². The zero-order valence-electron chi connectivity index (χ0n) is 8.74. The fraction of sp³-hybridized carbons (Fsp3) is 0.364. The van der Waals surface area contributed by atoms with Crippen LogP contribution in [0.1, 0.15) is 6.42 Å². The van der Waals surface area contributed by atoms with Gasteiger partial charge in [0.1, 0.15) is 11.6 Å². The van der Waals surface area contributed by atoms with E-state index in [-0.39, 0.29) is 16.6 Å². The normalized spacial score (nSPS) is 20.3. The number of carbonyl (C=O) groups excluding carboxylic acids is 1. The first-order valence-corrected chi connectivity index (χ1v) is 5.81. The second-order valence-electron chi connectivity index (χ2n) is 3.62. The SMILES string of the molecule is COc1cc(F)ccc1N1CC(Br)CC1=O.